The molecule has 0 spiro atoms. The highest BCUT2D eigenvalue weighted by atomic mass is 32.1. The molecule has 0 unspecified atom stereocenters. The van der Waals surface area contributed by atoms with Gasteiger partial charge in [-0.1, -0.05) is 24.8 Å². The predicted molar refractivity (Wildman–Crippen MR) is 58.6 cm³/mol. The SMILES string of the molecule is C=Cc1c(C)sc(C)c1/C=C\C. The Hall–Kier alpha value is -0.820. The third-order valence-corrected chi connectivity index (χ3v) is 2.94. The molecule has 0 N–H and O–H groups in total. The fourth-order valence-electron chi connectivity index (χ4n) is 1.35. The van der Waals surface area contributed by atoms with Crippen molar-refractivity contribution in [1.29, 1.82) is 0 Å². The molecule has 0 radical (unpaired) electrons. The van der Waals surface area contributed by atoms with E-state index in [0.717, 1.165) is 0 Å². The lowest BCUT2D eigenvalue weighted by molar-refractivity contribution is 1.53. The van der Waals surface area contributed by atoms with E-state index in [9.17, 15) is 0 Å². The zero-order valence-corrected chi connectivity index (χ0v) is 8.66. The van der Waals surface area contributed by atoms with Crippen molar-refractivity contribution in [2.45, 2.75) is 20.8 Å². The van der Waals surface area contributed by atoms with Crippen molar-refractivity contribution < 1.29 is 0 Å². The summed E-state index contributed by atoms with van der Waals surface area (Å²) in [5.74, 6) is 0. The molecule has 0 nitrogen and oxygen atoms in total. The lowest BCUT2D eigenvalue weighted by Crippen LogP contribution is -1.76. The van der Waals surface area contributed by atoms with Crippen LogP contribution in [0.3, 0.4) is 0 Å². The Morgan fingerprint density at radius 1 is 1.17 bits per heavy atom. The predicted octanol–water partition coefficient (Wildman–Crippen LogP) is 4.04. The van der Waals surface area contributed by atoms with Crippen LogP contribution in [-0.4, -0.2) is 0 Å². The topological polar surface area (TPSA) is 0 Å². The molecule has 0 fully saturated rings. The van der Waals surface area contributed by atoms with Gasteiger partial charge in [0.2, 0.25) is 0 Å². The van der Waals surface area contributed by atoms with Crippen molar-refractivity contribution in [2.75, 3.05) is 0 Å². The van der Waals surface area contributed by atoms with Gasteiger partial charge in [0.05, 0.1) is 0 Å². The summed E-state index contributed by atoms with van der Waals surface area (Å²) in [4.78, 5) is 2.73. The van der Waals surface area contributed by atoms with Crippen LogP contribution < -0.4 is 0 Å². The number of rotatable bonds is 2. The Kier molecular flexibility index (Phi) is 2.88. The van der Waals surface area contributed by atoms with E-state index >= 15 is 0 Å². The third kappa shape index (κ3) is 1.51. The van der Waals surface area contributed by atoms with Crippen LogP contribution in [0, 0.1) is 13.8 Å². The third-order valence-electron chi connectivity index (χ3n) is 1.89. The fraction of sp³-hybridized carbons (Fsp3) is 0.273. The lowest BCUT2D eigenvalue weighted by atomic mass is 10.1. The maximum Gasteiger partial charge on any atom is 0.00955 e. The van der Waals surface area contributed by atoms with Crippen molar-refractivity contribution in [3.05, 3.63) is 33.5 Å². The zero-order chi connectivity index (χ0) is 9.14. The summed E-state index contributed by atoms with van der Waals surface area (Å²) >= 11 is 1.84. The molecular weight excluding hydrogens is 164 g/mol. The molecule has 1 heteroatoms. The van der Waals surface area contributed by atoms with E-state index in [4.69, 9.17) is 0 Å². The van der Waals surface area contributed by atoms with Gasteiger partial charge in [-0.05, 0) is 31.9 Å². The van der Waals surface area contributed by atoms with Crippen LogP contribution in [0.1, 0.15) is 27.8 Å². The van der Waals surface area contributed by atoms with Crippen LogP contribution in [0.5, 0.6) is 0 Å². The minimum atomic E-state index is 1.29. The van der Waals surface area contributed by atoms with Crippen molar-refractivity contribution in [3.63, 3.8) is 0 Å². The normalized spacial score (nSPS) is 10.9. The highest BCUT2D eigenvalue weighted by Crippen LogP contribution is 2.29. The molecule has 64 valence electrons. The molecule has 1 aromatic heterocycles. The Labute approximate surface area is 78.2 Å². The summed E-state index contributed by atoms with van der Waals surface area (Å²) in [5, 5.41) is 0. The number of hydrogen-bond acceptors (Lipinski definition) is 1. The first-order valence-corrected chi connectivity index (χ1v) is 4.87. The van der Waals surface area contributed by atoms with E-state index in [2.05, 4.69) is 32.6 Å². The summed E-state index contributed by atoms with van der Waals surface area (Å²) in [5.41, 5.74) is 2.62. The highest BCUT2D eigenvalue weighted by Gasteiger charge is 2.06. The van der Waals surface area contributed by atoms with Crippen LogP contribution in [0.2, 0.25) is 0 Å². The second-order valence-electron chi connectivity index (χ2n) is 2.75. The van der Waals surface area contributed by atoms with E-state index in [1.807, 2.05) is 24.3 Å². The molecule has 0 bridgehead atoms. The molecule has 0 aromatic carbocycles. The van der Waals surface area contributed by atoms with Crippen LogP contribution in [0.15, 0.2) is 12.7 Å². The van der Waals surface area contributed by atoms with Gasteiger partial charge in [-0.2, -0.15) is 0 Å². The van der Waals surface area contributed by atoms with Crippen molar-refractivity contribution >= 4 is 23.5 Å². The molecule has 0 amide bonds. The van der Waals surface area contributed by atoms with E-state index in [0.29, 0.717) is 0 Å². The smallest absolute Gasteiger partial charge is 0.00955 e. The van der Waals surface area contributed by atoms with Crippen LogP contribution in [0.25, 0.3) is 12.2 Å². The van der Waals surface area contributed by atoms with Crippen LogP contribution in [0.4, 0.5) is 0 Å². The molecule has 1 heterocycles. The first-order chi connectivity index (χ1) is 5.70. The minimum absolute atomic E-state index is 1.29. The average Bonchev–Trinajstić information content (AvgIpc) is 2.28. The Bertz CT molecular complexity index is 316. The molecule has 1 rings (SSSR count). The van der Waals surface area contributed by atoms with E-state index in [1.54, 1.807) is 0 Å². The number of hydrogen-bond donors (Lipinski definition) is 0. The first kappa shape index (κ1) is 9.27. The van der Waals surface area contributed by atoms with Crippen LogP contribution in [-0.2, 0) is 0 Å². The number of thiophene rings is 1. The van der Waals surface area contributed by atoms with Crippen LogP contribution >= 0.6 is 11.3 Å². The molecule has 0 aliphatic carbocycles. The van der Waals surface area contributed by atoms with Gasteiger partial charge in [-0.3, -0.25) is 0 Å². The van der Waals surface area contributed by atoms with Gasteiger partial charge in [-0.15, -0.1) is 11.3 Å². The van der Waals surface area contributed by atoms with Gasteiger partial charge in [0.25, 0.3) is 0 Å². The quantitative estimate of drug-likeness (QED) is 0.641. The lowest BCUT2D eigenvalue weighted by Gasteiger charge is -1.93. The Morgan fingerprint density at radius 2 is 1.75 bits per heavy atom. The summed E-state index contributed by atoms with van der Waals surface area (Å²) in [6.07, 6.45) is 6.16. The molecule has 0 aliphatic rings. The van der Waals surface area contributed by atoms with E-state index in [-0.39, 0.29) is 0 Å². The van der Waals surface area contributed by atoms with Gasteiger partial charge in [0, 0.05) is 9.75 Å². The first-order valence-electron chi connectivity index (χ1n) is 4.05. The second kappa shape index (κ2) is 3.72. The van der Waals surface area contributed by atoms with Gasteiger partial charge >= 0.3 is 0 Å². The summed E-state index contributed by atoms with van der Waals surface area (Å²) < 4.78 is 0. The molecule has 0 aliphatic heterocycles. The second-order valence-corrected chi connectivity index (χ2v) is 4.17. The highest BCUT2D eigenvalue weighted by molar-refractivity contribution is 7.12. The maximum absolute atomic E-state index is 3.82. The molecule has 0 saturated carbocycles. The maximum atomic E-state index is 3.82. The number of aryl methyl sites for hydroxylation is 2. The van der Waals surface area contributed by atoms with Crippen molar-refractivity contribution in [1.82, 2.24) is 0 Å². The largest absolute Gasteiger partial charge is 0.145 e. The zero-order valence-electron chi connectivity index (χ0n) is 7.85. The Balaban J connectivity index is 3.31. The van der Waals surface area contributed by atoms with E-state index in [1.165, 1.54) is 20.9 Å². The molecule has 12 heavy (non-hydrogen) atoms. The molecule has 0 atom stereocenters. The van der Waals surface area contributed by atoms with Crippen molar-refractivity contribution in [2.24, 2.45) is 0 Å². The fourth-order valence-corrected chi connectivity index (χ4v) is 2.40. The van der Waals surface area contributed by atoms with Crippen molar-refractivity contribution in [3.8, 4) is 0 Å². The number of allylic oxidation sites excluding steroid dienone is 1. The van der Waals surface area contributed by atoms with E-state index < -0.39 is 0 Å². The summed E-state index contributed by atoms with van der Waals surface area (Å²) in [6, 6.07) is 0. The molecule has 0 saturated heterocycles. The summed E-state index contributed by atoms with van der Waals surface area (Å²) in [6.45, 7) is 10.2. The summed E-state index contributed by atoms with van der Waals surface area (Å²) in [7, 11) is 0. The van der Waals surface area contributed by atoms with Gasteiger partial charge < -0.3 is 0 Å². The van der Waals surface area contributed by atoms with Gasteiger partial charge in [0.1, 0.15) is 0 Å². The average molecular weight is 178 g/mol. The molecule has 1 aromatic rings. The van der Waals surface area contributed by atoms with Gasteiger partial charge in [0.15, 0.2) is 0 Å². The standard InChI is InChI=1S/C11H14S/c1-5-7-11-9(4)12-8(3)10(11)6-2/h5-7H,2H2,1,3-4H3/b7-5-. The molecular formula is C11H14S. The minimum Gasteiger partial charge on any atom is -0.145 e. The van der Waals surface area contributed by atoms with Gasteiger partial charge in [-0.25, -0.2) is 0 Å². The monoisotopic (exact) mass is 178 g/mol. The Morgan fingerprint density at radius 3 is 2.25 bits per heavy atom.